The molecule has 2 amide bonds. The maximum atomic E-state index is 12.8. The third kappa shape index (κ3) is 5.72. The van der Waals surface area contributed by atoms with Gasteiger partial charge in [-0.05, 0) is 69.9 Å². The number of hydrogen-bond donors (Lipinski definition) is 2. The number of nitro groups is 1. The van der Waals surface area contributed by atoms with Crippen molar-refractivity contribution >= 4 is 63.2 Å². The fourth-order valence-electron chi connectivity index (χ4n) is 2.38. The van der Waals surface area contributed by atoms with E-state index >= 15 is 0 Å². The average molecular weight is 519 g/mol. The molecule has 0 bridgehead atoms. The van der Waals surface area contributed by atoms with Gasteiger partial charge in [0.15, 0.2) is 0 Å². The van der Waals surface area contributed by atoms with E-state index in [1.54, 1.807) is 35.7 Å². The van der Waals surface area contributed by atoms with Crippen LogP contribution in [-0.4, -0.2) is 16.7 Å². The van der Waals surface area contributed by atoms with Crippen LogP contribution in [0.25, 0.3) is 6.08 Å². The summed E-state index contributed by atoms with van der Waals surface area (Å²) in [7, 11) is 0. The Morgan fingerprint density at radius 3 is 2.48 bits per heavy atom. The maximum Gasteiger partial charge on any atom is 0.272 e. The summed E-state index contributed by atoms with van der Waals surface area (Å²) in [6, 6.07) is 16.3. The van der Waals surface area contributed by atoms with Gasteiger partial charge in [0.1, 0.15) is 5.70 Å². The number of thiophene rings is 1. The van der Waals surface area contributed by atoms with Crippen LogP contribution in [0.1, 0.15) is 15.2 Å². The van der Waals surface area contributed by atoms with E-state index in [-0.39, 0.29) is 11.4 Å². The van der Waals surface area contributed by atoms with Crippen molar-refractivity contribution in [3.8, 4) is 0 Å². The van der Waals surface area contributed by atoms with E-state index in [2.05, 4.69) is 33.2 Å². The third-order valence-electron chi connectivity index (χ3n) is 3.73. The quantitative estimate of drug-likeness (QED) is 0.214. The summed E-state index contributed by atoms with van der Waals surface area (Å²) in [5.41, 5.74) is 0.840. The first-order valence-corrected chi connectivity index (χ1v) is 10.3. The van der Waals surface area contributed by atoms with Gasteiger partial charge in [0.25, 0.3) is 17.5 Å². The molecule has 146 valence electrons. The summed E-state index contributed by atoms with van der Waals surface area (Å²) < 4.78 is 1.01. The lowest BCUT2D eigenvalue weighted by molar-refractivity contribution is -0.384. The topological polar surface area (TPSA) is 101 Å². The first-order valence-electron chi connectivity index (χ1n) is 8.30. The number of nitrogens with zero attached hydrogens (tertiary/aromatic N) is 1. The third-order valence-corrected chi connectivity index (χ3v) is 5.32. The number of carbonyl (C=O) groups excluding carboxylic acids is 2. The molecule has 0 fully saturated rings. The Kier molecular flexibility index (Phi) is 6.73. The van der Waals surface area contributed by atoms with Gasteiger partial charge in [-0.3, -0.25) is 19.7 Å². The summed E-state index contributed by atoms with van der Waals surface area (Å²) in [6.07, 6.45) is 1.40. The molecule has 0 aliphatic carbocycles. The molecule has 1 aromatic heterocycles. The largest absolute Gasteiger partial charge is 0.321 e. The number of halogens is 1. The van der Waals surface area contributed by atoms with E-state index in [1.165, 1.54) is 35.6 Å². The second-order valence-corrected chi connectivity index (χ2v) is 8.00. The van der Waals surface area contributed by atoms with Gasteiger partial charge in [-0.25, -0.2) is 0 Å². The fraction of sp³-hybridized carbons (Fsp3) is 0. The van der Waals surface area contributed by atoms with Gasteiger partial charge in [-0.15, -0.1) is 11.3 Å². The van der Waals surface area contributed by atoms with Crippen LogP contribution in [-0.2, 0) is 4.79 Å². The molecule has 0 atom stereocenters. The van der Waals surface area contributed by atoms with E-state index in [1.807, 2.05) is 12.1 Å². The van der Waals surface area contributed by atoms with Crippen LogP contribution in [0.5, 0.6) is 0 Å². The molecule has 29 heavy (non-hydrogen) atoms. The maximum absolute atomic E-state index is 12.8. The van der Waals surface area contributed by atoms with Crippen molar-refractivity contribution < 1.29 is 14.5 Å². The molecule has 0 saturated heterocycles. The van der Waals surface area contributed by atoms with Crippen molar-refractivity contribution in [3.63, 3.8) is 0 Å². The van der Waals surface area contributed by atoms with Crippen molar-refractivity contribution in [2.24, 2.45) is 0 Å². The molecule has 9 heteroatoms. The molecule has 3 rings (SSSR count). The Labute approximate surface area is 183 Å². The minimum atomic E-state index is -0.539. The summed E-state index contributed by atoms with van der Waals surface area (Å²) in [4.78, 5) is 36.2. The number of amides is 2. The standard InChI is InChI=1S/C20H14IN3O4S/c21-14-6-8-15(9-7-14)22-19(25)17(23-20(26)18-5-2-10-29-18)12-13-3-1-4-16(11-13)24(27)28/h1-12H,(H,22,25)(H,23,26). The van der Waals surface area contributed by atoms with Crippen LogP contribution in [0.3, 0.4) is 0 Å². The first-order chi connectivity index (χ1) is 13.9. The van der Waals surface area contributed by atoms with E-state index < -0.39 is 16.7 Å². The van der Waals surface area contributed by atoms with Gasteiger partial charge >= 0.3 is 0 Å². The van der Waals surface area contributed by atoms with Crippen LogP contribution in [0, 0.1) is 13.7 Å². The van der Waals surface area contributed by atoms with Crippen LogP contribution < -0.4 is 10.6 Å². The van der Waals surface area contributed by atoms with E-state index in [4.69, 9.17) is 0 Å². The number of anilines is 1. The molecule has 0 aliphatic rings. The molecule has 0 spiro atoms. The van der Waals surface area contributed by atoms with Crippen molar-refractivity contribution in [1.29, 1.82) is 0 Å². The SMILES string of the molecule is O=C(Nc1ccc(I)cc1)C(=Cc1cccc([N+](=O)[O-])c1)NC(=O)c1cccs1. The van der Waals surface area contributed by atoms with Crippen molar-refractivity contribution in [2.75, 3.05) is 5.32 Å². The normalized spacial score (nSPS) is 11.0. The molecule has 3 aromatic rings. The molecular weight excluding hydrogens is 505 g/mol. The number of rotatable bonds is 6. The lowest BCUT2D eigenvalue weighted by atomic mass is 10.1. The minimum absolute atomic E-state index is 0.0255. The zero-order valence-corrected chi connectivity index (χ0v) is 17.8. The lowest BCUT2D eigenvalue weighted by Crippen LogP contribution is -2.30. The second kappa shape index (κ2) is 9.43. The highest BCUT2D eigenvalue weighted by Gasteiger charge is 2.16. The summed E-state index contributed by atoms with van der Waals surface area (Å²) in [5.74, 6) is -0.975. The molecule has 2 N–H and O–H groups in total. The molecule has 0 unspecified atom stereocenters. The van der Waals surface area contributed by atoms with Crippen molar-refractivity contribution in [2.45, 2.75) is 0 Å². The molecule has 0 radical (unpaired) electrons. The predicted octanol–water partition coefficient (Wildman–Crippen LogP) is 4.67. The number of carbonyl (C=O) groups is 2. The fourth-order valence-corrected chi connectivity index (χ4v) is 3.36. The Hall–Kier alpha value is -3.05. The number of nitro benzene ring substituents is 1. The van der Waals surface area contributed by atoms with Gasteiger partial charge in [0, 0.05) is 21.4 Å². The Morgan fingerprint density at radius 2 is 1.83 bits per heavy atom. The average Bonchev–Trinajstić information content (AvgIpc) is 3.24. The summed E-state index contributed by atoms with van der Waals surface area (Å²) >= 11 is 3.40. The highest BCUT2D eigenvalue weighted by atomic mass is 127. The molecule has 1 heterocycles. The number of non-ortho nitro benzene ring substituents is 1. The number of benzene rings is 2. The number of hydrogen-bond acceptors (Lipinski definition) is 5. The van der Waals surface area contributed by atoms with Crippen LogP contribution >= 0.6 is 33.9 Å². The van der Waals surface area contributed by atoms with Crippen molar-refractivity contribution in [1.82, 2.24) is 5.32 Å². The Balaban J connectivity index is 1.91. The minimum Gasteiger partial charge on any atom is -0.321 e. The van der Waals surface area contributed by atoms with Crippen LogP contribution in [0.2, 0.25) is 0 Å². The predicted molar refractivity (Wildman–Crippen MR) is 121 cm³/mol. The van der Waals surface area contributed by atoms with Gasteiger partial charge in [0.05, 0.1) is 9.80 Å². The van der Waals surface area contributed by atoms with E-state index in [0.29, 0.717) is 16.1 Å². The number of nitrogens with one attached hydrogen (secondary N) is 2. The van der Waals surface area contributed by atoms with Gasteiger partial charge in [0.2, 0.25) is 0 Å². The highest BCUT2D eigenvalue weighted by molar-refractivity contribution is 14.1. The Bertz CT molecular complexity index is 1080. The molecule has 0 aliphatic heterocycles. The monoisotopic (exact) mass is 519 g/mol. The van der Waals surface area contributed by atoms with Gasteiger partial charge in [-0.1, -0.05) is 18.2 Å². The zero-order chi connectivity index (χ0) is 20.8. The highest BCUT2D eigenvalue weighted by Crippen LogP contribution is 2.17. The molecular formula is C20H14IN3O4S. The zero-order valence-electron chi connectivity index (χ0n) is 14.8. The summed E-state index contributed by atoms with van der Waals surface area (Å²) in [6.45, 7) is 0. The van der Waals surface area contributed by atoms with Crippen molar-refractivity contribution in [3.05, 3.63) is 95.9 Å². The lowest BCUT2D eigenvalue weighted by Gasteiger charge is -2.11. The Morgan fingerprint density at radius 1 is 1.07 bits per heavy atom. The van der Waals surface area contributed by atoms with Gasteiger partial charge in [-0.2, -0.15) is 0 Å². The first kappa shape index (κ1) is 20.7. The van der Waals surface area contributed by atoms with E-state index in [0.717, 1.165) is 3.57 Å². The van der Waals surface area contributed by atoms with Crippen LogP contribution in [0.4, 0.5) is 11.4 Å². The molecule has 7 nitrogen and oxygen atoms in total. The van der Waals surface area contributed by atoms with Crippen LogP contribution in [0.15, 0.2) is 71.7 Å². The smallest absolute Gasteiger partial charge is 0.272 e. The van der Waals surface area contributed by atoms with Gasteiger partial charge < -0.3 is 10.6 Å². The second-order valence-electron chi connectivity index (χ2n) is 5.80. The summed E-state index contributed by atoms with van der Waals surface area (Å²) in [5, 5.41) is 18.1. The molecule has 0 saturated carbocycles. The van der Waals surface area contributed by atoms with E-state index in [9.17, 15) is 19.7 Å². The molecule has 2 aromatic carbocycles.